The first-order valence-electron chi connectivity index (χ1n) is 5.59. The van der Waals surface area contributed by atoms with Crippen LogP contribution in [0.15, 0.2) is 24.3 Å². The summed E-state index contributed by atoms with van der Waals surface area (Å²) in [6, 6.07) is 7.74. The molecule has 2 rings (SSSR count). The van der Waals surface area contributed by atoms with Gasteiger partial charge in [0.25, 0.3) is 0 Å². The lowest BCUT2D eigenvalue weighted by atomic mass is 10.2. The molecule has 5 heteroatoms. The highest BCUT2D eigenvalue weighted by atomic mass is 32.2. The van der Waals surface area contributed by atoms with Crippen molar-refractivity contribution >= 4 is 15.8 Å². The zero-order chi connectivity index (χ0) is 12.9. The minimum absolute atomic E-state index is 0.173. The van der Waals surface area contributed by atoms with E-state index >= 15 is 0 Å². The second kappa shape index (κ2) is 3.54. The lowest BCUT2D eigenvalue weighted by molar-refractivity contribution is 0.317. The SMILES string of the molecule is Cc1ccc([N+](C)(C)C2(S(=O)(=O)O)CC2)cc1. The molecule has 94 valence electrons. The van der Waals surface area contributed by atoms with Crippen molar-refractivity contribution < 1.29 is 13.0 Å². The zero-order valence-corrected chi connectivity index (χ0v) is 11.2. The summed E-state index contributed by atoms with van der Waals surface area (Å²) in [6.07, 6.45) is 1.01. The summed E-state index contributed by atoms with van der Waals surface area (Å²) in [5, 5.41) is 0. The van der Waals surface area contributed by atoms with Crippen molar-refractivity contribution in [1.29, 1.82) is 0 Å². The number of hydrogen-bond acceptors (Lipinski definition) is 2. The normalized spacial score (nSPS) is 19.1. The van der Waals surface area contributed by atoms with Crippen molar-refractivity contribution in [3.8, 4) is 0 Å². The van der Waals surface area contributed by atoms with Gasteiger partial charge in [-0.1, -0.05) is 17.7 Å². The first kappa shape index (κ1) is 12.5. The Kier molecular flexibility index (Phi) is 2.61. The Labute approximate surface area is 102 Å². The van der Waals surface area contributed by atoms with Crippen LogP contribution in [-0.2, 0) is 10.1 Å². The van der Waals surface area contributed by atoms with Crippen molar-refractivity contribution in [2.75, 3.05) is 14.1 Å². The van der Waals surface area contributed by atoms with Gasteiger partial charge in [0.15, 0.2) is 0 Å². The van der Waals surface area contributed by atoms with E-state index in [9.17, 15) is 13.0 Å². The molecular weight excluding hydrogens is 238 g/mol. The Balaban J connectivity index is 2.47. The van der Waals surface area contributed by atoms with Gasteiger partial charge in [-0.3, -0.25) is 9.04 Å². The smallest absolute Gasteiger partial charge is 0.281 e. The Morgan fingerprint density at radius 1 is 1.18 bits per heavy atom. The fourth-order valence-electron chi connectivity index (χ4n) is 2.37. The van der Waals surface area contributed by atoms with Gasteiger partial charge in [-0.2, -0.15) is 8.42 Å². The molecule has 1 N–H and O–H groups in total. The standard InChI is InChI=1S/C12H17NO3S/c1-10-4-6-11(7-5-10)13(2,3)12(8-9-12)17(14,15)16/h4-7H,8-9H2,1-3H3/p+1. The first-order chi connectivity index (χ1) is 7.71. The number of rotatable bonds is 3. The van der Waals surface area contributed by atoms with Crippen LogP contribution >= 0.6 is 0 Å². The molecular formula is C12H18NO3S+. The van der Waals surface area contributed by atoms with Gasteiger partial charge >= 0.3 is 10.1 Å². The Morgan fingerprint density at radius 2 is 1.65 bits per heavy atom. The van der Waals surface area contributed by atoms with Gasteiger partial charge in [0.1, 0.15) is 5.69 Å². The Morgan fingerprint density at radius 3 is 2.00 bits per heavy atom. The highest BCUT2D eigenvalue weighted by molar-refractivity contribution is 7.87. The summed E-state index contributed by atoms with van der Waals surface area (Å²) in [6.45, 7) is 1.99. The maximum absolute atomic E-state index is 11.5. The van der Waals surface area contributed by atoms with Gasteiger partial charge in [-0.05, 0) is 19.1 Å². The Bertz CT molecular complexity index is 527. The van der Waals surface area contributed by atoms with E-state index in [1.54, 1.807) is 0 Å². The van der Waals surface area contributed by atoms with Crippen LogP contribution in [0.5, 0.6) is 0 Å². The van der Waals surface area contributed by atoms with Crippen LogP contribution in [0.1, 0.15) is 18.4 Å². The third-order valence-corrected chi connectivity index (χ3v) is 5.68. The minimum atomic E-state index is -4.03. The molecule has 0 unspecified atom stereocenters. The molecule has 1 aliphatic rings. The summed E-state index contributed by atoms with van der Waals surface area (Å²) in [7, 11) is -0.385. The highest BCUT2D eigenvalue weighted by Crippen LogP contribution is 2.51. The molecule has 1 aromatic carbocycles. The van der Waals surface area contributed by atoms with Gasteiger partial charge in [-0.25, -0.2) is 0 Å². The lowest BCUT2D eigenvalue weighted by Crippen LogP contribution is -2.56. The number of aryl methyl sites for hydroxylation is 1. The molecule has 0 radical (unpaired) electrons. The maximum atomic E-state index is 11.5. The van der Waals surface area contributed by atoms with Crippen LogP contribution in [0.4, 0.5) is 5.69 Å². The van der Waals surface area contributed by atoms with E-state index in [-0.39, 0.29) is 4.48 Å². The largest absolute Gasteiger partial charge is 0.322 e. The van der Waals surface area contributed by atoms with Crippen LogP contribution < -0.4 is 4.48 Å². The third-order valence-electron chi connectivity index (χ3n) is 3.86. The van der Waals surface area contributed by atoms with Crippen LogP contribution in [-0.4, -0.2) is 31.9 Å². The lowest BCUT2D eigenvalue weighted by Gasteiger charge is -2.36. The fraction of sp³-hybridized carbons (Fsp3) is 0.500. The van der Waals surface area contributed by atoms with E-state index in [2.05, 4.69) is 0 Å². The number of hydrogen-bond donors (Lipinski definition) is 1. The molecule has 1 saturated carbocycles. The molecule has 0 heterocycles. The molecule has 17 heavy (non-hydrogen) atoms. The fourth-order valence-corrected chi connectivity index (χ4v) is 3.67. The molecule has 1 aliphatic carbocycles. The van der Waals surface area contributed by atoms with Crippen LogP contribution in [0.25, 0.3) is 0 Å². The van der Waals surface area contributed by atoms with Crippen molar-refractivity contribution in [1.82, 2.24) is 4.48 Å². The molecule has 1 aromatic rings. The van der Waals surface area contributed by atoms with Gasteiger partial charge in [0.2, 0.25) is 4.87 Å². The first-order valence-corrected chi connectivity index (χ1v) is 7.03. The predicted octanol–water partition coefficient (Wildman–Crippen LogP) is 1.94. The molecule has 1 fully saturated rings. The van der Waals surface area contributed by atoms with Gasteiger partial charge in [0.05, 0.1) is 14.1 Å². The number of benzene rings is 1. The zero-order valence-electron chi connectivity index (χ0n) is 10.3. The van der Waals surface area contributed by atoms with E-state index in [4.69, 9.17) is 0 Å². The van der Waals surface area contributed by atoms with Crippen molar-refractivity contribution in [3.05, 3.63) is 29.8 Å². The van der Waals surface area contributed by atoms with E-state index < -0.39 is 15.0 Å². The monoisotopic (exact) mass is 256 g/mol. The van der Waals surface area contributed by atoms with Crippen molar-refractivity contribution in [3.63, 3.8) is 0 Å². The summed E-state index contributed by atoms with van der Waals surface area (Å²) in [5.41, 5.74) is 2.02. The molecule has 0 spiro atoms. The summed E-state index contributed by atoms with van der Waals surface area (Å²) >= 11 is 0. The second-order valence-electron chi connectivity index (χ2n) is 5.21. The molecule has 0 aliphatic heterocycles. The van der Waals surface area contributed by atoms with Gasteiger partial charge in [0, 0.05) is 12.8 Å². The van der Waals surface area contributed by atoms with Gasteiger partial charge in [-0.15, -0.1) is 0 Å². The maximum Gasteiger partial charge on any atom is 0.322 e. The molecule has 0 atom stereocenters. The van der Waals surface area contributed by atoms with Crippen molar-refractivity contribution in [2.24, 2.45) is 0 Å². The van der Waals surface area contributed by atoms with E-state index in [1.165, 1.54) is 0 Å². The Hall–Kier alpha value is -0.910. The van der Waals surface area contributed by atoms with Crippen LogP contribution in [0.3, 0.4) is 0 Å². The molecule has 0 amide bonds. The second-order valence-corrected chi connectivity index (χ2v) is 6.92. The predicted molar refractivity (Wildman–Crippen MR) is 68.3 cm³/mol. The quantitative estimate of drug-likeness (QED) is 0.664. The third kappa shape index (κ3) is 1.78. The average Bonchev–Trinajstić information content (AvgIpc) is 2.97. The molecule has 0 aromatic heterocycles. The van der Waals surface area contributed by atoms with Crippen LogP contribution in [0.2, 0.25) is 0 Å². The van der Waals surface area contributed by atoms with E-state index in [0.29, 0.717) is 12.8 Å². The minimum Gasteiger partial charge on any atom is -0.281 e. The topological polar surface area (TPSA) is 54.4 Å². The highest BCUT2D eigenvalue weighted by Gasteiger charge is 2.67. The molecule has 4 nitrogen and oxygen atoms in total. The van der Waals surface area contributed by atoms with Gasteiger partial charge < -0.3 is 0 Å². The summed E-state index contributed by atoms with van der Waals surface area (Å²) < 4.78 is 32.7. The molecule has 0 saturated heterocycles. The molecule has 0 bridgehead atoms. The summed E-state index contributed by atoms with van der Waals surface area (Å²) in [4.78, 5) is -1.05. The summed E-state index contributed by atoms with van der Waals surface area (Å²) in [5.74, 6) is 0. The van der Waals surface area contributed by atoms with Crippen LogP contribution in [0, 0.1) is 6.92 Å². The average molecular weight is 256 g/mol. The van der Waals surface area contributed by atoms with E-state index in [0.717, 1.165) is 11.3 Å². The van der Waals surface area contributed by atoms with Crippen molar-refractivity contribution in [2.45, 2.75) is 24.6 Å². The number of nitrogens with zero attached hydrogens (tertiary/aromatic N) is 1. The van der Waals surface area contributed by atoms with E-state index in [1.807, 2.05) is 45.3 Å². The number of quaternary nitrogens is 1.